The molecule has 0 aromatic rings. The van der Waals surface area contributed by atoms with Crippen LogP contribution in [0.3, 0.4) is 0 Å². The highest BCUT2D eigenvalue weighted by Gasteiger charge is 2.14. The van der Waals surface area contributed by atoms with Gasteiger partial charge >= 0.3 is 5.97 Å². The van der Waals surface area contributed by atoms with Gasteiger partial charge < -0.3 is 107 Å². The highest BCUT2D eigenvalue weighted by atomic mass is 32.1. The summed E-state index contributed by atoms with van der Waals surface area (Å²) in [7, 11) is 0. The predicted molar refractivity (Wildman–Crippen MR) is 152 cm³/mol. The topological polar surface area (TPSA) is 442 Å². The molecule has 0 amide bonds. The Kier molecular flexibility index (Phi) is 51.4. The number of carboxylic acids is 1. The van der Waals surface area contributed by atoms with Crippen molar-refractivity contribution in [2.45, 2.75) is 61.0 Å². The molecule has 22 nitrogen and oxygen atoms in total. The summed E-state index contributed by atoms with van der Waals surface area (Å²) in [4.78, 5) is 9.29. The molecule has 21 N–H and O–H groups in total. The molecule has 0 radical (unpaired) electrons. The van der Waals surface area contributed by atoms with Gasteiger partial charge in [-0.1, -0.05) is 0 Å². The van der Waals surface area contributed by atoms with Crippen molar-refractivity contribution < 1.29 is 112 Å². The van der Waals surface area contributed by atoms with Gasteiger partial charge in [-0.05, 0) is 0 Å². The van der Waals surface area contributed by atoms with E-state index in [-0.39, 0.29) is 5.75 Å². The number of hydrogen-bond donors (Lipinski definition) is 22. The second kappa shape index (κ2) is 41.0. The summed E-state index contributed by atoms with van der Waals surface area (Å²) < 4.78 is 0. The summed E-state index contributed by atoms with van der Waals surface area (Å²) in [5, 5.41) is 173. The zero-order valence-corrected chi connectivity index (χ0v) is 25.2. The highest BCUT2D eigenvalue weighted by molar-refractivity contribution is 7.81. The molecule has 0 saturated carbocycles. The number of rotatable bonds is 16. The van der Waals surface area contributed by atoms with Gasteiger partial charge in [-0.15, -0.1) is 0 Å². The minimum atomic E-state index is -1.22. The fraction of sp³-hybridized carbons (Fsp3) is 0.955. The zero-order valence-electron chi connectivity index (χ0n) is 24.3. The molecule has 0 heterocycles. The number of carbonyl (C=O) groups is 1. The summed E-state index contributed by atoms with van der Waals surface area (Å²) in [6.45, 7) is -5.26. The van der Waals surface area contributed by atoms with Crippen molar-refractivity contribution in [2.75, 3.05) is 71.8 Å². The first kappa shape index (κ1) is 56.4. The lowest BCUT2D eigenvalue weighted by Crippen LogP contribution is -2.31. The second-order valence-corrected chi connectivity index (χ2v) is 8.37. The molecule has 0 fully saturated rings. The number of aliphatic carboxylic acids is 1. The van der Waals surface area contributed by atoms with Gasteiger partial charge in [-0.25, -0.2) is 0 Å². The molecule has 0 bridgehead atoms. The van der Waals surface area contributed by atoms with Gasteiger partial charge in [0.1, 0.15) is 61.0 Å². The Labute approximate surface area is 263 Å². The minimum absolute atomic E-state index is 0.0833. The Morgan fingerprint density at radius 3 is 0.422 bits per heavy atom. The standard InChI is InChI=1S/5C4H10O4.C2H4O2S/c5*5-1-3(7)4(8)2-6;3-2(4)1-5/h5*3-8H,1-2H2;5H,1H2,(H,3,4)/t5*3-,4+;. The van der Waals surface area contributed by atoms with E-state index in [0.717, 1.165) is 0 Å². The zero-order chi connectivity index (χ0) is 37.1. The van der Waals surface area contributed by atoms with Crippen LogP contribution >= 0.6 is 12.6 Å². The van der Waals surface area contributed by atoms with Gasteiger partial charge in [0, 0.05) is 0 Å². The van der Waals surface area contributed by atoms with Gasteiger partial charge in [-0.2, -0.15) is 12.6 Å². The Bertz CT molecular complexity index is 436. The van der Waals surface area contributed by atoms with Gasteiger partial charge in [-0.3, -0.25) is 4.79 Å². The Balaban J connectivity index is -0.000000102. The van der Waals surface area contributed by atoms with Gasteiger partial charge in [0.15, 0.2) is 0 Å². The van der Waals surface area contributed by atoms with E-state index in [9.17, 15) is 4.79 Å². The first-order valence-corrected chi connectivity index (χ1v) is 13.2. The van der Waals surface area contributed by atoms with Crippen LogP contribution in [0.1, 0.15) is 0 Å². The molecule has 0 rings (SSSR count). The van der Waals surface area contributed by atoms with E-state index in [2.05, 4.69) is 12.6 Å². The molecule has 280 valence electrons. The first-order valence-electron chi connectivity index (χ1n) is 12.6. The second-order valence-electron chi connectivity index (χ2n) is 8.05. The van der Waals surface area contributed by atoms with Crippen molar-refractivity contribution in [3.05, 3.63) is 0 Å². The molecule has 23 heteroatoms. The number of carboxylic acid groups (broad SMARTS) is 1. The van der Waals surface area contributed by atoms with Crippen molar-refractivity contribution in [1.29, 1.82) is 0 Å². The smallest absolute Gasteiger partial charge is 0.313 e. The van der Waals surface area contributed by atoms with E-state index in [1.807, 2.05) is 0 Å². The van der Waals surface area contributed by atoms with Crippen LogP contribution in [0.5, 0.6) is 0 Å². The molecule has 0 spiro atoms. The van der Waals surface area contributed by atoms with Crippen molar-refractivity contribution in [2.24, 2.45) is 0 Å². The third kappa shape index (κ3) is 43.0. The van der Waals surface area contributed by atoms with Gasteiger partial charge in [0.05, 0.1) is 71.8 Å². The molecule has 0 aliphatic heterocycles. The number of aliphatic hydroxyl groups excluding tert-OH is 20. The van der Waals surface area contributed by atoms with E-state index in [1.54, 1.807) is 0 Å². The molecule has 45 heavy (non-hydrogen) atoms. The maximum absolute atomic E-state index is 9.29. The molecule has 0 saturated heterocycles. The van der Waals surface area contributed by atoms with Crippen LogP contribution in [-0.4, -0.2) is 246 Å². The number of aliphatic hydroxyl groups is 20. The quantitative estimate of drug-likeness (QED) is 0.0663. The molecular formula is C22H54O22S. The average molecular weight is 703 g/mol. The van der Waals surface area contributed by atoms with Gasteiger partial charge in [0.25, 0.3) is 0 Å². The number of thiol groups is 1. The van der Waals surface area contributed by atoms with Crippen molar-refractivity contribution in [3.8, 4) is 0 Å². The van der Waals surface area contributed by atoms with Crippen LogP contribution in [0.25, 0.3) is 0 Å². The molecule has 0 unspecified atom stereocenters. The van der Waals surface area contributed by atoms with Crippen LogP contribution in [-0.2, 0) is 4.79 Å². The summed E-state index contributed by atoms with van der Waals surface area (Å²) >= 11 is 3.42. The maximum atomic E-state index is 9.29. The van der Waals surface area contributed by atoms with Crippen molar-refractivity contribution >= 4 is 18.6 Å². The molecule has 0 aromatic carbocycles. The third-order valence-electron chi connectivity index (χ3n) is 4.23. The van der Waals surface area contributed by atoms with Crippen LogP contribution in [0, 0.1) is 0 Å². The third-order valence-corrected chi connectivity index (χ3v) is 4.50. The lowest BCUT2D eigenvalue weighted by Gasteiger charge is -2.10. The largest absolute Gasteiger partial charge is 0.481 e. The molecule has 10 atom stereocenters. The highest BCUT2D eigenvalue weighted by Crippen LogP contribution is 1.91. The summed E-state index contributed by atoms with van der Waals surface area (Å²) in [5.74, 6) is -0.965. The fourth-order valence-electron chi connectivity index (χ4n) is 1.22. The monoisotopic (exact) mass is 702 g/mol. The van der Waals surface area contributed by atoms with Crippen LogP contribution < -0.4 is 0 Å². The number of hydrogen-bond acceptors (Lipinski definition) is 22. The van der Waals surface area contributed by atoms with Crippen LogP contribution in [0.15, 0.2) is 0 Å². The van der Waals surface area contributed by atoms with Crippen LogP contribution in [0.4, 0.5) is 0 Å². The van der Waals surface area contributed by atoms with Crippen molar-refractivity contribution in [3.63, 3.8) is 0 Å². The summed E-state index contributed by atoms with van der Waals surface area (Å²) in [6.07, 6.45) is -12.2. The maximum Gasteiger partial charge on any atom is 0.313 e. The lowest BCUT2D eigenvalue weighted by atomic mass is 10.2. The minimum Gasteiger partial charge on any atom is -0.481 e. The molecule has 0 aliphatic rings. The van der Waals surface area contributed by atoms with Crippen molar-refractivity contribution in [1.82, 2.24) is 0 Å². The van der Waals surface area contributed by atoms with E-state index < -0.39 is 133 Å². The Morgan fingerprint density at radius 1 is 0.333 bits per heavy atom. The van der Waals surface area contributed by atoms with E-state index in [0.29, 0.717) is 0 Å². The lowest BCUT2D eigenvalue weighted by molar-refractivity contribution is -0.133. The normalized spacial score (nSPS) is 16.8. The fourth-order valence-corrected chi connectivity index (χ4v) is 1.22. The predicted octanol–water partition coefficient (Wildman–Crippen LogP) is -11.5. The molecular weight excluding hydrogens is 648 g/mol. The van der Waals surface area contributed by atoms with Crippen LogP contribution in [0.2, 0.25) is 0 Å². The van der Waals surface area contributed by atoms with E-state index in [1.165, 1.54) is 0 Å². The summed E-state index contributed by atoms with van der Waals surface area (Å²) in [6, 6.07) is 0. The first-order chi connectivity index (χ1) is 20.9. The Hall–Kier alpha value is -0.980. The molecule has 0 aromatic heterocycles. The van der Waals surface area contributed by atoms with E-state index in [4.69, 9.17) is 107 Å². The Morgan fingerprint density at radius 2 is 0.400 bits per heavy atom. The van der Waals surface area contributed by atoms with Gasteiger partial charge in [0.2, 0.25) is 0 Å². The SMILES string of the molecule is O=C(O)CS.OC[C@@H](O)[C@@H](O)CO.OC[C@@H](O)[C@@H](O)CO.OC[C@@H](O)[C@@H](O)CO.OC[C@@H](O)[C@@H](O)CO.OC[C@@H](O)[C@@H](O)CO. The summed E-state index contributed by atoms with van der Waals surface area (Å²) in [5.41, 5.74) is 0. The molecule has 0 aliphatic carbocycles. The average Bonchev–Trinajstić information content (AvgIpc) is 3.08. The van der Waals surface area contributed by atoms with E-state index >= 15 is 0 Å².